The summed E-state index contributed by atoms with van der Waals surface area (Å²) in [6, 6.07) is 11.8. The molecule has 0 radical (unpaired) electrons. The van der Waals surface area contributed by atoms with Crippen LogP contribution in [0.5, 0.6) is 0 Å². The zero-order chi connectivity index (χ0) is 13.4. The third kappa shape index (κ3) is 2.29. The Balaban J connectivity index is 2.13. The fourth-order valence-corrected chi connectivity index (χ4v) is 2.63. The summed E-state index contributed by atoms with van der Waals surface area (Å²) in [4.78, 5) is 7.65. The summed E-state index contributed by atoms with van der Waals surface area (Å²) >= 11 is 11.5. The van der Waals surface area contributed by atoms with Crippen LogP contribution < -0.4 is 0 Å². The highest BCUT2D eigenvalue weighted by Gasteiger charge is 2.08. The van der Waals surface area contributed by atoms with Crippen LogP contribution in [0.3, 0.4) is 0 Å². The quantitative estimate of drug-likeness (QED) is 0.721. The van der Waals surface area contributed by atoms with Gasteiger partial charge < -0.3 is 9.55 Å². The maximum Gasteiger partial charge on any atom is 0.178 e. The molecule has 2 aromatic heterocycles. The number of hydrogen-bond donors (Lipinski definition) is 1. The van der Waals surface area contributed by atoms with Gasteiger partial charge in [0.2, 0.25) is 0 Å². The Labute approximate surface area is 120 Å². The van der Waals surface area contributed by atoms with Crippen molar-refractivity contribution in [1.29, 1.82) is 0 Å². The standard InChI is InChI=1S/C14H12ClN3S/c1-9-4-2-5-10(16-9)8-18-12-7-3-6-11(15)13(12)17-14(18)19/h2-7H,8H2,1H3,(H,17,19). The third-order valence-electron chi connectivity index (χ3n) is 3.03. The predicted octanol–water partition coefficient (Wildman–Crippen LogP) is 4.10. The second-order valence-electron chi connectivity index (χ2n) is 4.42. The van der Waals surface area contributed by atoms with E-state index >= 15 is 0 Å². The number of aromatic amines is 1. The van der Waals surface area contributed by atoms with Crippen molar-refractivity contribution >= 4 is 34.9 Å². The smallest absolute Gasteiger partial charge is 0.178 e. The zero-order valence-electron chi connectivity index (χ0n) is 10.4. The van der Waals surface area contributed by atoms with Crippen LogP contribution in [0.15, 0.2) is 36.4 Å². The molecule has 3 nitrogen and oxygen atoms in total. The molecule has 0 aliphatic carbocycles. The lowest BCUT2D eigenvalue weighted by atomic mass is 10.3. The number of aromatic nitrogens is 3. The van der Waals surface area contributed by atoms with Gasteiger partial charge in [-0.1, -0.05) is 23.7 Å². The molecule has 3 aromatic rings. The van der Waals surface area contributed by atoms with Crippen LogP contribution in [0.2, 0.25) is 5.02 Å². The number of benzene rings is 1. The van der Waals surface area contributed by atoms with Crippen LogP contribution in [0.25, 0.3) is 11.0 Å². The van der Waals surface area contributed by atoms with E-state index in [1.54, 1.807) is 0 Å². The molecule has 3 rings (SSSR count). The van der Waals surface area contributed by atoms with E-state index in [1.165, 1.54) is 0 Å². The van der Waals surface area contributed by atoms with Crippen molar-refractivity contribution in [3.8, 4) is 0 Å². The molecular weight excluding hydrogens is 278 g/mol. The van der Waals surface area contributed by atoms with Gasteiger partial charge in [0.15, 0.2) is 4.77 Å². The largest absolute Gasteiger partial charge is 0.329 e. The molecule has 1 N–H and O–H groups in total. The Kier molecular flexibility index (Phi) is 3.12. The van der Waals surface area contributed by atoms with Gasteiger partial charge in [0.1, 0.15) is 0 Å². The van der Waals surface area contributed by atoms with E-state index < -0.39 is 0 Å². The normalized spacial score (nSPS) is 11.1. The maximum atomic E-state index is 6.16. The zero-order valence-corrected chi connectivity index (χ0v) is 11.9. The summed E-state index contributed by atoms with van der Waals surface area (Å²) in [6.45, 7) is 2.62. The number of fused-ring (bicyclic) bond motifs is 1. The Morgan fingerprint density at radius 3 is 2.84 bits per heavy atom. The van der Waals surface area contributed by atoms with Gasteiger partial charge in [0.25, 0.3) is 0 Å². The Hall–Kier alpha value is -1.65. The Morgan fingerprint density at radius 1 is 1.26 bits per heavy atom. The van der Waals surface area contributed by atoms with Gasteiger partial charge in [-0.3, -0.25) is 4.98 Å². The van der Waals surface area contributed by atoms with Crippen LogP contribution in [-0.2, 0) is 6.54 Å². The van der Waals surface area contributed by atoms with Gasteiger partial charge in [0.05, 0.1) is 28.3 Å². The van der Waals surface area contributed by atoms with Crippen LogP contribution in [0.1, 0.15) is 11.4 Å². The molecule has 0 atom stereocenters. The molecule has 0 spiro atoms. The molecule has 0 unspecified atom stereocenters. The SMILES string of the molecule is Cc1cccc(Cn2c(=S)[nH]c3c(Cl)cccc32)n1. The first-order chi connectivity index (χ1) is 9.15. The molecule has 96 valence electrons. The van der Waals surface area contributed by atoms with E-state index in [-0.39, 0.29) is 0 Å². The molecule has 19 heavy (non-hydrogen) atoms. The molecule has 0 saturated carbocycles. The van der Waals surface area contributed by atoms with Crippen molar-refractivity contribution in [2.24, 2.45) is 0 Å². The third-order valence-corrected chi connectivity index (χ3v) is 3.66. The van der Waals surface area contributed by atoms with Crippen LogP contribution in [0, 0.1) is 11.7 Å². The van der Waals surface area contributed by atoms with E-state index in [0.29, 0.717) is 16.3 Å². The summed E-state index contributed by atoms with van der Waals surface area (Å²) in [5.74, 6) is 0. The maximum absolute atomic E-state index is 6.16. The molecule has 0 bridgehead atoms. The van der Waals surface area contributed by atoms with Gasteiger partial charge in [0, 0.05) is 5.69 Å². The van der Waals surface area contributed by atoms with Crippen molar-refractivity contribution in [1.82, 2.24) is 14.5 Å². The number of pyridine rings is 1. The van der Waals surface area contributed by atoms with Crippen molar-refractivity contribution in [2.75, 3.05) is 0 Å². The van der Waals surface area contributed by atoms with Crippen molar-refractivity contribution in [3.05, 3.63) is 57.6 Å². The molecule has 5 heteroatoms. The summed E-state index contributed by atoms with van der Waals surface area (Å²) in [5.41, 5.74) is 3.86. The number of nitrogens with zero attached hydrogens (tertiary/aromatic N) is 2. The number of nitrogens with one attached hydrogen (secondary N) is 1. The number of para-hydroxylation sites is 1. The van der Waals surface area contributed by atoms with Crippen LogP contribution >= 0.6 is 23.8 Å². The Bertz CT molecular complexity index is 804. The Morgan fingerprint density at radius 2 is 2.05 bits per heavy atom. The summed E-state index contributed by atoms with van der Waals surface area (Å²) < 4.78 is 2.67. The number of H-pyrrole nitrogens is 1. The lowest BCUT2D eigenvalue weighted by molar-refractivity contribution is 0.781. The van der Waals surface area contributed by atoms with Gasteiger partial charge in [-0.25, -0.2) is 0 Å². The molecule has 0 amide bonds. The highest BCUT2D eigenvalue weighted by molar-refractivity contribution is 7.71. The van der Waals surface area contributed by atoms with E-state index in [2.05, 4.69) is 9.97 Å². The van der Waals surface area contributed by atoms with E-state index in [9.17, 15) is 0 Å². The summed E-state index contributed by atoms with van der Waals surface area (Å²) in [6.07, 6.45) is 0. The molecule has 0 saturated heterocycles. The number of rotatable bonds is 2. The van der Waals surface area contributed by atoms with Gasteiger partial charge >= 0.3 is 0 Å². The molecule has 0 aliphatic rings. The lowest BCUT2D eigenvalue weighted by Crippen LogP contribution is -2.02. The first-order valence-corrected chi connectivity index (χ1v) is 6.73. The predicted molar refractivity (Wildman–Crippen MR) is 80.2 cm³/mol. The minimum Gasteiger partial charge on any atom is -0.329 e. The van der Waals surface area contributed by atoms with Crippen molar-refractivity contribution in [2.45, 2.75) is 13.5 Å². The van der Waals surface area contributed by atoms with Gasteiger partial charge in [-0.05, 0) is 43.4 Å². The minimum absolute atomic E-state index is 0.640. The van der Waals surface area contributed by atoms with E-state index in [4.69, 9.17) is 23.8 Å². The summed E-state index contributed by atoms with van der Waals surface area (Å²) in [5, 5.41) is 0.680. The van der Waals surface area contributed by atoms with E-state index in [1.807, 2.05) is 47.9 Å². The molecule has 0 fully saturated rings. The second kappa shape index (κ2) is 4.79. The number of hydrogen-bond acceptors (Lipinski definition) is 2. The van der Waals surface area contributed by atoms with Crippen molar-refractivity contribution in [3.63, 3.8) is 0 Å². The number of imidazole rings is 1. The van der Waals surface area contributed by atoms with E-state index in [0.717, 1.165) is 22.4 Å². The van der Waals surface area contributed by atoms with Crippen molar-refractivity contribution < 1.29 is 0 Å². The number of aryl methyl sites for hydroxylation is 1. The second-order valence-corrected chi connectivity index (χ2v) is 5.21. The average Bonchev–Trinajstić information content (AvgIpc) is 2.69. The van der Waals surface area contributed by atoms with Crippen LogP contribution in [-0.4, -0.2) is 14.5 Å². The molecule has 2 heterocycles. The minimum atomic E-state index is 0.640. The fraction of sp³-hybridized carbons (Fsp3) is 0.143. The monoisotopic (exact) mass is 289 g/mol. The summed E-state index contributed by atoms with van der Waals surface area (Å²) in [7, 11) is 0. The van der Waals surface area contributed by atoms with Gasteiger partial charge in [-0.2, -0.15) is 0 Å². The molecule has 1 aromatic carbocycles. The van der Waals surface area contributed by atoms with Gasteiger partial charge in [-0.15, -0.1) is 0 Å². The number of halogens is 1. The highest BCUT2D eigenvalue weighted by Crippen LogP contribution is 2.23. The van der Waals surface area contributed by atoms with Crippen LogP contribution in [0.4, 0.5) is 0 Å². The first kappa shape index (κ1) is 12.4. The topological polar surface area (TPSA) is 33.6 Å². The molecular formula is C14H12ClN3S. The lowest BCUT2D eigenvalue weighted by Gasteiger charge is -2.05. The highest BCUT2D eigenvalue weighted by atomic mass is 35.5. The average molecular weight is 290 g/mol. The molecule has 0 aliphatic heterocycles. The fourth-order valence-electron chi connectivity index (χ4n) is 2.15. The first-order valence-electron chi connectivity index (χ1n) is 5.95.